The van der Waals surface area contributed by atoms with E-state index >= 15 is 0 Å². The van der Waals surface area contributed by atoms with Crippen molar-refractivity contribution >= 4 is 22.9 Å². The van der Waals surface area contributed by atoms with E-state index in [0.717, 1.165) is 23.7 Å². The highest BCUT2D eigenvalue weighted by Gasteiger charge is 2.12. The Hall–Kier alpha value is -0.490. The van der Waals surface area contributed by atoms with Crippen LogP contribution in [0.2, 0.25) is 4.34 Å². The highest BCUT2D eigenvalue weighted by molar-refractivity contribution is 7.16. The van der Waals surface area contributed by atoms with E-state index in [2.05, 4.69) is 50.9 Å². The first kappa shape index (κ1) is 15.6. The van der Waals surface area contributed by atoms with E-state index in [1.165, 1.54) is 4.88 Å². The molecule has 1 heterocycles. The van der Waals surface area contributed by atoms with Gasteiger partial charge >= 0.3 is 0 Å². The highest BCUT2D eigenvalue weighted by atomic mass is 35.5. The van der Waals surface area contributed by atoms with Gasteiger partial charge in [0.25, 0.3) is 0 Å². The Balaban J connectivity index is 2.69. The quantitative estimate of drug-likeness (QED) is 0.759. The van der Waals surface area contributed by atoms with Crippen molar-refractivity contribution in [2.45, 2.75) is 46.6 Å². The summed E-state index contributed by atoms with van der Waals surface area (Å²) < 4.78 is 0.845. The number of thiophene rings is 1. The van der Waals surface area contributed by atoms with Crippen LogP contribution in [0, 0.1) is 17.3 Å². The third-order valence-electron chi connectivity index (χ3n) is 2.35. The molecule has 0 spiro atoms. The van der Waals surface area contributed by atoms with Crippen LogP contribution < -0.4 is 5.32 Å². The number of hydrogen-bond acceptors (Lipinski definition) is 2. The summed E-state index contributed by atoms with van der Waals surface area (Å²) in [4.78, 5) is 1.27. The molecule has 100 valence electrons. The van der Waals surface area contributed by atoms with Crippen molar-refractivity contribution in [3.05, 3.63) is 21.3 Å². The lowest BCUT2D eigenvalue weighted by atomic mass is 9.97. The summed E-state index contributed by atoms with van der Waals surface area (Å²) in [5, 5.41) is 3.53. The van der Waals surface area contributed by atoms with Crippen molar-refractivity contribution in [3.8, 4) is 11.8 Å². The second kappa shape index (κ2) is 7.19. The minimum Gasteiger partial charge on any atom is -0.308 e. The van der Waals surface area contributed by atoms with Crippen LogP contribution in [0.4, 0.5) is 0 Å². The minimum atomic E-state index is 0.0718. The van der Waals surface area contributed by atoms with Gasteiger partial charge in [-0.2, -0.15) is 0 Å². The number of hydrogen-bond donors (Lipinski definition) is 1. The normalized spacial score (nSPS) is 12.9. The Morgan fingerprint density at radius 3 is 2.61 bits per heavy atom. The van der Waals surface area contributed by atoms with Gasteiger partial charge in [-0.1, -0.05) is 24.4 Å². The van der Waals surface area contributed by atoms with Gasteiger partial charge in [0.2, 0.25) is 0 Å². The predicted octanol–water partition coefficient (Wildman–Crippen LogP) is 4.88. The molecular formula is C15H22ClNS. The summed E-state index contributed by atoms with van der Waals surface area (Å²) in [5.41, 5.74) is 0.0718. The molecule has 0 radical (unpaired) electrons. The van der Waals surface area contributed by atoms with Gasteiger partial charge in [-0.25, -0.2) is 0 Å². The molecule has 1 atom stereocenters. The fourth-order valence-electron chi connectivity index (χ4n) is 1.53. The molecule has 1 rings (SSSR count). The van der Waals surface area contributed by atoms with E-state index in [-0.39, 0.29) is 5.41 Å². The van der Waals surface area contributed by atoms with Crippen molar-refractivity contribution in [1.82, 2.24) is 5.32 Å². The topological polar surface area (TPSA) is 12.0 Å². The van der Waals surface area contributed by atoms with Crippen molar-refractivity contribution < 1.29 is 0 Å². The molecule has 0 saturated carbocycles. The standard InChI is InChI=1S/C15H22ClNS/c1-5-11-17-12(7-6-10-15(2,3)4)13-8-9-14(16)18-13/h8-9,12,17H,5,7,11H2,1-4H3. The zero-order chi connectivity index (χ0) is 13.6. The third kappa shape index (κ3) is 5.91. The van der Waals surface area contributed by atoms with Crippen LogP contribution in [0.15, 0.2) is 12.1 Å². The van der Waals surface area contributed by atoms with Gasteiger partial charge in [-0.15, -0.1) is 17.3 Å². The fourth-order valence-corrected chi connectivity index (χ4v) is 2.66. The van der Waals surface area contributed by atoms with Gasteiger partial charge in [0, 0.05) is 16.7 Å². The van der Waals surface area contributed by atoms with E-state index in [9.17, 15) is 0 Å². The fraction of sp³-hybridized carbons (Fsp3) is 0.600. The van der Waals surface area contributed by atoms with E-state index in [4.69, 9.17) is 11.6 Å². The lowest BCUT2D eigenvalue weighted by molar-refractivity contribution is 0.544. The number of nitrogens with one attached hydrogen (secondary N) is 1. The van der Waals surface area contributed by atoms with Crippen LogP contribution in [-0.4, -0.2) is 6.54 Å². The van der Waals surface area contributed by atoms with E-state index in [1.807, 2.05) is 6.07 Å². The van der Waals surface area contributed by atoms with Crippen LogP contribution >= 0.6 is 22.9 Å². The lowest BCUT2D eigenvalue weighted by Crippen LogP contribution is -2.21. The first-order valence-electron chi connectivity index (χ1n) is 6.41. The molecule has 1 unspecified atom stereocenters. The number of halogens is 1. The summed E-state index contributed by atoms with van der Waals surface area (Å²) in [7, 11) is 0. The maximum atomic E-state index is 6.00. The van der Waals surface area contributed by atoms with Crippen molar-refractivity contribution in [2.24, 2.45) is 5.41 Å². The molecule has 1 aromatic rings. The Morgan fingerprint density at radius 1 is 1.39 bits per heavy atom. The van der Waals surface area contributed by atoms with Crippen LogP contribution in [0.1, 0.15) is 51.5 Å². The van der Waals surface area contributed by atoms with Gasteiger partial charge in [0.15, 0.2) is 0 Å². The molecule has 0 aliphatic rings. The zero-order valence-corrected chi connectivity index (χ0v) is 13.2. The smallest absolute Gasteiger partial charge is 0.0931 e. The molecule has 18 heavy (non-hydrogen) atoms. The van der Waals surface area contributed by atoms with Gasteiger partial charge in [0.05, 0.1) is 10.4 Å². The molecule has 3 heteroatoms. The molecule has 0 fully saturated rings. The molecule has 1 aromatic heterocycles. The van der Waals surface area contributed by atoms with Gasteiger partial charge < -0.3 is 5.32 Å². The zero-order valence-electron chi connectivity index (χ0n) is 11.6. The van der Waals surface area contributed by atoms with E-state index in [0.29, 0.717) is 6.04 Å². The third-order valence-corrected chi connectivity index (χ3v) is 3.69. The monoisotopic (exact) mass is 283 g/mol. The molecule has 1 N–H and O–H groups in total. The minimum absolute atomic E-state index is 0.0718. The van der Waals surface area contributed by atoms with E-state index < -0.39 is 0 Å². The van der Waals surface area contributed by atoms with E-state index in [1.54, 1.807) is 11.3 Å². The first-order valence-corrected chi connectivity index (χ1v) is 7.60. The maximum Gasteiger partial charge on any atom is 0.0931 e. The second-order valence-corrected chi connectivity index (χ2v) is 7.15. The highest BCUT2D eigenvalue weighted by Crippen LogP contribution is 2.28. The second-order valence-electron chi connectivity index (χ2n) is 5.40. The molecule has 1 nitrogen and oxygen atoms in total. The van der Waals surface area contributed by atoms with Crippen LogP contribution in [0.5, 0.6) is 0 Å². The Kier molecular flexibility index (Phi) is 6.21. The molecule has 0 aliphatic heterocycles. The van der Waals surface area contributed by atoms with Crippen molar-refractivity contribution in [3.63, 3.8) is 0 Å². The SMILES string of the molecule is CCCNC(CC#CC(C)(C)C)c1ccc(Cl)s1. The first-order chi connectivity index (χ1) is 8.42. The Bertz CT molecular complexity index is 420. The average Bonchev–Trinajstić information content (AvgIpc) is 2.68. The lowest BCUT2D eigenvalue weighted by Gasteiger charge is -2.14. The summed E-state index contributed by atoms with van der Waals surface area (Å²) in [5.74, 6) is 6.58. The Morgan fingerprint density at radius 2 is 2.11 bits per heavy atom. The number of rotatable bonds is 5. The Labute approximate surface area is 120 Å². The van der Waals surface area contributed by atoms with Gasteiger partial charge in [-0.3, -0.25) is 0 Å². The van der Waals surface area contributed by atoms with Crippen molar-refractivity contribution in [1.29, 1.82) is 0 Å². The summed E-state index contributed by atoms with van der Waals surface area (Å²) in [6, 6.07) is 4.36. The summed E-state index contributed by atoms with van der Waals surface area (Å²) in [6.45, 7) is 9.59. The maximum absolute atomic E-state index is 6.00. The molecule has 0 bridgehead atoms. The molecule has 0 aromatic carbocycles. The van der Waals surface area contributed by atoms with Crippen molar-refractivity contribution in [2.75, 3.05) is 6.54 Å². The van der Waals surface area contributed by atoms with Crippen LogP contribution in [0.3, 0.4) is 0 Å². The van der Waals surface area contributed by atoms with Crippen LogP contribution in [-0.2, 0) is 0 Å². The molecular weight excluding hydrogens is 262 g/mol. The van der Waals surface area contributed by atoms with Gasteiger partial charge in [-0.05, 0) is 45.9 Å². The molecule has 0 amide bonds. The summed E-state index contributed by atoms with van der Waals surface area (Å²) in [6.07, 6.45) is 1.97. The van der Waals surface area contributed by atoms with Crippen LogP contribution in [0.25, 0.3) is 0 Å². The summed E-state index contributed by atoms with van der Waals surface area (Å²) >= 11 is 7.64. The average molecular weight is 284 g/mol. The largest absolute Gasteiger partial charge is 0.308 e. The van der Waals surface area contributed by atoms with Gasteiger partial charge in [0.1, 0.15) is 0 Å². The molecule has 0 aliphatic carbocycles. The molecule has 0 saturated heterocycles. The predicted molar refractivity (Wildman–Crippen MR) is 82.2 cm³/mol.